The highest BCUT2D eigenvalue weighted by Gasteiger charge is 2.22. The lowest BCUT2D eigenvalue weighted by molar-refractivity contribution is 0.591. The third kappa shape index (κ3) is 4.27. The molecular weight excluding hydrogens is 562 g/mol. The molecule has 4 heteroatoms. The highest BCUT2D eigenvalue weighted by Crippen LogP contribution is 2.40. The predicted octanol–water partition coefficient (Wildman–Crippen LogP) is 11.1. The van der Waals surface area contributed by atoms with Crippen LogP contribution in [-0.4, -0.2) is 4.57 Å². The number of hydrogen-bond donors (Lipinski definition) is 0. The van der Waals surface area contributed by atoms with Crippen molar-refractivity contribution in [2.24, 2.45) is 0 Å². The first-order chi connectivity index (χ1) is 22.3. The van der Waals surface area contributed by atoms with Crippen LogP contribution >= 0.6 is 0 Å². The molecule has 0 bridgehead atoms. The van der Waals surface area contributed by atoms with E-state index in [1.807, 2.05) is 66.7 Å². The number of nitrogens with zero attached hydrogens (tertiary/aromatic N) is 3. The minimum absolute atomic E-state index is 0.0438. The van der Waals surface area contributed by atoms with E-state index in [0.29, 0.717) is 16.8 Å². The van der Waals surface area contributed by atoms with Gasteiger partial charge in [-0.1, -0.05) is 87.5 Å². The van der Waals surface area contributed by atoms with E-state index in [-0.39, 0.29) is 5.41 Å². The van der Waals surface area contributed by atoms with E-state index < -0.39 is 0 Å². The molecular formula is C42H29N3O. The molecule has 6 aromatic carbocycles. The van der Waals surface area contributed by atoms with Gasteiger partial charge in [-0.3, -0.25) is 0 Å². The highest BCUT2D eigenvalue weighted by molar-refractivity contribution is 6.11. The summed E-state index contributed by atoms with van der Waals surface area (Å²) in [5, 5.41) is 25.4. The van der Waals surface area contributed by atoms with E-state index in [1.165, 1.54) is 5.56 Å². The molecule has 8 rings (SSSR count). The molecule has 2 heterocycles. The zero-order valence-corrected chi connectivity index (χ0v) is 25.8. The van der Waals surface area contributed by atoms with Gasteiger partial charge in [0, 0.05) is 21.5 Å². The number of furan rings is 1. The average Bonchev–Trinajstić information content (AvgIpc) is 3.62. The Morgan fingerprint density at radius 3 is 1.85 bits per heavy atom. The molecule has 0 N–H and O–H groups in total. The summed E-state index contributed by atoms with van der Waals surface area (Å²) in [6.45, 7) is 6.64. The van der Waals surface area contributed by atoms with E-state index in [1.54, 1.807) is 0 Å². The molecule has 4 nitrogen and oxygen atoms in total. The summed E-state index contributed by atoms with van der Waals surface area (Å²) in [5.41, 5.74) is 10.1. The number of para-hydroxylation sites is 1. The smallest absolute Gasteiger partial charge is 0.136 e. The lowest BCUT2D eigenvalue weighted by Crippen LogP contribution is -2.10. The SMILES string of the molecule is CC(C)(C)c1ccc2c(c1)c1cc(-c3ccccc3)ccc1n2-c1c(C#N)cc(-c2ccc3c(c2)oc2ccccc23)cc1C#N. The van der Waals surface area contributed by atoms with Crippen LogP contribution in [0.1, 0.15) is 37.5 Å². The molecule has 8 aromatic rings. The Morgan fingerprint density at radius 1 is 0.522 bits per heavy atom. The molecule has 0 atom stereocenters. The van der Waals surface area contributed by atoms with Gasteiger partial charge in [0.05, 0.1) is 27.8 Å². The first-order valence-corrected chi connectivity index (χ1v) is 15.4. The summed E-state index contributed by atoms with van der Waals surface area (Å²) in [5.74, 6) is 0. The number of nitriles is 2. The Bertz CT molecular complexity index is 2550. The number of aromatic nitrogens is 1. The monoisotopic (exact) mass is 591 g/mol. The normalized spacial score (nSPS) is 11.8. The van der Waals surface area contributed by atoms with Gasteiger partial charge in [0.1, 0.15) is 23.3 Å². The van der Waals surface area contributed by atoms with Crippen molar-refractivity contribution in [3.05, 3.63) is 138 Å². The lowest BCUT2D eigenvalue weighted by Gasteiger charge is -2.19. The predicted molar refractivity (Wildman–Crippen MR) is 187 cm³/mol. The Morgan fingerprint density at radius 2 is 1.13 bits per heavy atom. The van der Waals surface area contributed by atoms with E-state index in [0.717, 1.165) is 66.0 Å². The molecule has 0 aliphatic carbocycles. The van der Waals surface area contributed by atoms with Crippen LogP contribution in [0.2, 0.25) is 0 Å². The van der Waals surface area contributed by atoms with Gasteiger partial charge in [-0.05, 0) is 87.8 Å². The Labute approximate surface area is 267 Å². The molecule has 0 aliphatic rings. The zero-order chi connectivity index (χ0) is 31.6. The number of fused-ring (bicyclic) bond motifs is 6. The van der Waals surface area contributed by atoms with Crippen LogP contribution in [0.25, 0.3) is 71.7 Å². The van der Waals surface area contributed by atoms with Crippen molar-refractivity contribution in [2.45, 2.75) is 26.2 Å². The fourth-order valence-electron chi connectivity index (χ4n) is 6.66. The zero-order valence-electron chi connectivity index (χ0n) is 25.8. The summed E-state index contributed by atoms with van der Waals surface area (Å²) in [6.07, 6.45) is 0. The summed E-state index contributed by atoms with van der Waals surface area (Å²) in [7, 11) is 0. The molecule has 2 aromatic heterocycles. The maximum absolute atomic E-state index is 10.6. The van der Waals surface area contributed by atoms with Gasteiger partial charge in [0.15, 0.2) is 0 Å². The maximum atomic E-state index is 10.6. The van der Waals surface area contributed by atoms with E-state index in [4.69, 9.17) is 4.42 Å². The van der Waals surface area contributed by atoms with Crippen molar-refractivity contribution in [1.82, 2.24) is 4.57 Å². The van der Waals surface area contributed by atoms with E-state index in [2.05, 4.69) is 92.1 Å². The Hall–Kier alpha value is -6.10. The minimum atomic E-state index is -0.0438. The Balaban J connectivity index is 1.38. The highest BCUT2D eigenvalue weighted by atomic mass is 16.3. The van der Waals surface area contributed by atoms with Crippen molar-refractivity contribution in [3.63, 3.8) is 0 Å². The van der Waals surface area contributed by atoms with Crippen LogP contribution < -0.4 is 0 Å². The lowest BCUT2D eigenvalue weighted by atomic mass is 9.86. The molecule has 0 amide bonds. The number of hydrogen-bond acceptors (Lipinski definition) is 3. The van der Waals surface area contributed by atoms with Crippen LogP contribution in [-0.2, 0) is 5.41 Å². The average molecular weight is 592 g/mol. The van der Waals surface area contributed by atoms with Gasteiger partial charge in [-0.25, -0.2) is 0 Å². The molecule has 0 aliphatic heterocycles. The fourth-order valence-corrected chi connectivity index (χ4v) is 6.66. The fraction of sp³-hybridized carbons (Fsp3) is 0.0952. The van der Waals surface area contributed by atoms with Crippen molar-refractivity contribution in [3.8, 4) is 40.1 Å². The van der Waals surface area contributed by atoms with E-state index >= 15 is 0 Å². The third-order valence-electron chi connectivity index (χ3n) is 9.02. The van der Waals surface area contributed by atoms with Crippen molar-refractivity contribution < 1.29 is 4.42 Å². The molecule has 0 saturated heterocycles. The maximum Gasteiger partial charge on any atom is 0.136 e. The Kier molecular flexibility index (Phi) is 6.11. The van der Waals surface area contributed by atoms with Gasteiger partial charge in [-0.2, -0.15) is 10.5 Å². The number of benzene rings is 6. The van der Waals surface area contributed by atoms with Crippen LogP contribution in [0.5, 0.6) is 0 Å². The molecule has 0 fully saturated rings. The van der Waals surface area contributed by atoms with Gasteiger partial charge < -0.3 is 8.98 Å². The standard InChI is InChI=1S/C42H29N3O/c1-42(2,3)32-15-18-38-36(23-32)35-21-27(26-9-5-4-6-10-26)14-17-37(35)45(38)41-30(24-43)19-29(20-31(41)25-44)28-13-16-34-33-11-7-8-12-39(33)46-40(34)22-28/h4-23H,1-3H3. The van der Waals surface area contributed by atoms with Crippen LogP contribution in [0.15, 0.2) is 126 Å². The first-order valence-electron chi connectivity index (χ1n) is 15.4. The van der Waals surface area contributed by atoms with Crippen LogP contribution in [0, 0.1) is 22.7 Å². The summed E-state index contributed by atoms with van der Waals surface area (Å²) >= 11 is 0. The second kappa shape index (κ2) is 10.2. The first kappa shape index (κ1) is 27.4. The second-order valence-electron chi connectivity index (χ2n) is 12.9. The van der Waals surface area contributed by atoms with Gasteiger partial charge >= 0.3 is 0 Å². The van der Waals surface area contributed by atoms with Crippen molar-refractivity contribution in [2.75, 3.05) is 0 Å². The quantitative estimate of drug-likeness (QED) is 0.205. The molecule has 0 spiro atoms. The van der Waals surface area contributed by atoms with Gasteiger partial charge in [-0.15, -0.1) is 0 Å². The van der Waals surface area contributed by atoms with E-state index in [9.17, 15) is 10.5 Å². The van der Waals surface area contributed by atoms with Crippen LogP contribution in [0.3, 0.4) is 0 Å². The molecule has 0 radical (unpaired) electrons. The number of rotatable bonds is 3. The third-order valence-corrected chi connectivity index (χ3v) is 9.02. The van der Waals surface area contributed by atoms with Crippen LogP contribution in [0.4, 0.5) is 0 Å². The topological polar surface area (TPSA) is 65.7 Å². The largest absolute Gasteiger partial charge is 0.456 e. The molecule has 46 heavy (non-hydrogen) atoms. The summed E-state index contributed by atoms with van der Waals surface area (Å²) < 4.78 is 8.24. The van der Waals surface area contributed by atoms with Gasteiger partial charge in [0.25, 0.3) is 0 Å². The molecule has 218 valence electrons. The van der Waals surface area contributed by atoms with Crippen molar-refractivity contribution in [1.29, 1.82) is 10.5 Å². The van der Waals surface area contributed by atoms with Crippen molar-refractivity contribution >= 4 is 43.7 Å². The second-order valence-corrected chi connectivity index (χ2v) is 12.9. The molecule has 0 unspecified atom stereocenters. The molecule has 0 saturated carbocycles. The summed E-state index contributed by atoms with van der Waals surface area (Å²) in [4.78, 5) is 0. The summed E-state index contributed by atoms with van der Waals surface area (Å²) in [6, 6.07) is 46.0. The minimum Gasteiger partial charge on any atom is -0.456 e. The van der Waals surface area contributed by atoms with Gasteiger partial charge in [0.2, 0.25) is 0 Å².